The summed E-state index contributed by atoms with van der Waals surface area (Å²) in [6.07, 6.45) is 11.4. The van der Waals surface area contributed by atoms with Gasteiger partial charge in [0.25, 0.3) is 0 Å². The lowest BCUT2D eigenvalue weighted by Gasteiger charge is -2.46. The molecule has 0 saturated heterocycles. The molecule has 2 fully saturated rings. The van der Waals surface area contributed by atoms with E-state index in [9.17, 15) is 0 Å². The topological polar surface area (TPSA) is 18.5 Å². The maximum absolute atomic E-state index is 15.1. The summed E-state index contributed by atoms with van der Waals surface area (Å²) in [4.78, 5) is 0. The minimum Gasteiger partial charge on any atom is -0.497 e. The number of methoxy groups -OCH3 is 1. The van der Waals surface area contributed by atoms with Crippen LogP contribution in [-0.2, 0) is 18.4 Å². The van der Waals surface area contributed by atoms with Crippen molar-refractivity contribution in [1.82, 2.24) is 0 Å². The summed E-state index contributed by atoms with van der Waals surface area (Å²) in [7, 11) is 1.63. The normalized spacial score (nSPS) is 21.4. The van der Waals surface area contributed by atoms with Gasteiger partial charge in [0.05, 0.1) is 7.11 Å². The van der Waals surface area contributed by atoms with E-state index in [0.29, 0.717) is 29.3 Å². The molecule has 3 aromatic rings. The molecular weight excluding hydrogens is 459 g/mol. The standard InChI is InChI=1S/C34H39FO2/c1-33(2)15-5-8-30(33)28-19-23(9-13-27(28)29-20-25(36-3)12-14-32(29)35)22-37-26-11-10-24-7-4-16-34(17-6-18-34)31(24)21-26/h9-14,19-21,30H,4-8,15-18,22H2,1-3H3. The Balaban J connectivity index is 1.32. The van der Waals surface area contributed by atoms with Gasteiger partial charge in [-0.05, 0) is 120 Å². The smallest absolute Gasteiger partial charge is 0.131 e. The summed E-state index contributed by atoms with van der Waals surface area (Å²) >= 11 is 0. The maximum atomic E-state index is 15.1. The molecule has 0 aliphatic heterocycles. The molecule has 0 amide bonds. The van der Waals surface area contributed by atoms with Crippen LogP contribution in [0, 0.1) is 11.2 Å². The van der Waals surface area contributed by atoms with Crippen molar-refractivity contribution < 1.29 is 13.9 Å². The van der Waals surface area contributed by atoms with Crippen LogP contribution in [0.25, 0.3) is 11.1 Å². The summed E-state index contributed by atoms with van der Waals surface area (Å²) < 4.78 is 26.9. The highest BCUT2D eigenvalue weighted by molar-refractivity contribution is 5.71. The number of aryl methyl sites for hydroxylation is 1. The minimum absolute atomic E-state index is 0.180. The second-order valence-corrected chi connectivity index (χ2v) is 12.3. The second-order valence-electron chi connectivity index (χ2n) is 12.3. The predicted molar refractivity (Wildman–Crippen MR) is 148 cm³/mol. The van der Waals surface area contributed by atoms with Crippen LogP contribution >= 0.6 is 0 Å². The van der Waals surface area contributed by atoms with E-state index in [-0.39, 0.29) is 11.2 Å². The monoisotopic (exact) mass is 498 g/mol. The van der Waals surface area contributed by atoms with Crippen LogP contribution in [-0.4, -0.2) is 7.11 Å². The van der Waals surface area contributed by atoms with E-state index < -0.39 is 0 Å². The molecule has 6 rings (SSSR count). The molecule has 2 saturated carbocycles. The van der Waals surface area contributed by atoms with Crippen molar-refractivity contribution in [2.45, 2.75) is 89.6 Å². The Kier molecular flexibility index (Phi) is 6.29. The Bertz CT molecular complexity index is 1300. The van der Waals surface area contributed by atoms with Crippen LogP contribution in [0.2, 0.25) is 0 Å². The number of halogens is 1. The third-order valence-corrected chi connectivity index (χ3v) is 9.68. The number of benzene rings is 3. The Labute approximate surface area is 221 Å². The quantitative estimate of drug-likeness (QED) is 0.337. The number of rotatable bonds is 6. The Morgan fingerprint density at radius 3 is 2.38 bits per heavy atom. The average Bonchev–Trinajstić information content (AvgIpc) is 3.25. The average molecular weight is 499 g/mol. The summed E-state index contributed by atoms with van der Waals surface area (Å²) in [6, 6.07) is 18.3. The molecule has 0 aromatic heterocycles. The van der Waals surface area contributed by atoms with Gasteiger partial charge in [-0.2, -0.15) is 0 Å². The molecule has 0 N–H and O–H groups in total. The molecule has 0 radical (unpaired) electrons. The van der Waals surface area contributed by atoms with Crippen molar-refractivity contribution in [2.75, 3.05) is 7.11 Å². The molecule has 3 aliphatic carbocycles. The summed E-state index contributed by atoms with van der Waals surface area (Å²) in [5.74, 6) is 1.82. The summed E-state index contributed by atoms with van der Waals surface area (Å²) in [5, 5.41) is 0. The van der Waals surface area contributed by atoms with E-state index in [2.05, 4.69) is 50.2 Å². The molecule has 3 aliphatic rings. The van der Waals surface area contributed by atoms with Crippen molar-refractivity contribution in [3.63, 3.8) is 0 Å². The fourth-order valence-corrected chi connectivity index (χ4v) is 7.38. The molecule has 0 heterocycles. The lowest BCUT2D eigenvalue weighted by molar-refractivity contribution is 0.207. The zero-order valence-electron chi connectivity index (χ0n) is 22.5. The lowest BCUT2D eigenvalue weighted by Crippen LogP contribution is -2.37. The fourth-order valence-electron chi connectivity index (χ4n) is 7.38. The zero-order valence-corrected chi connectivity index (χ0v) is 22.5. The first-order chi connectivity index (χ1) is 17.9. The third kappa shape index (κ3) is 4.45. The van der Waals surface area contributed by atoms with E-state index in [0.717, 1.165) is 23.3 Å². The largest absolute Gasteiger partial charge is 0.497 e. The molecule has 1 atom stereocenters. The molecule has 2 nitrogen and oxygen atoms in total. The van der Waals surface area contributed by atoms with Crippen LogP contribution in [0.5, 0.6) is 11.5 Å². The highest BCUT2D eigenvalue weighted by atomic mass is 19.1. The molecule has 1 unspecified atom stereocenters. The Morgan fingerprint density at radius 2 is 1.65 bits per heavy atom. The summed E-state index contributed by atoms with van der Waals surface area (Å²) in [5.41, 5.74) is 7.62. The van der Waals surface area contributed by atoms with Gasteiger partial charge in [-0.1, -0.05) is 51.0 Å². The highest BCUT2D eigenvalue weighted by Crippen LogP contribution is 2.53. The van der Waals surface area contributed by atoms with Gasteiger partial charge in [-0.15, -0.1) is 0 Å². The Hall–Kier alpha value is -2.81. The third-order valence-electron chi connectivity index (χ3n) is 9.68. The molecule has 194 valence electrons. The van der Waals surface area contributed by atoms with Crippen LogP contribution in [0.4, 0.5) is 4.39 Å². The molecule has 1 spiro atoms. The number of ether oxygens (including phenoxy) is 2. The molecule has 3 heteroatoms. The van der Waals surface area contributed by atoms with Crippen molar-refractivity contribution in [1.29, 1.82) is 0 Å². The van der Waals surface area contributed by atoms with E-state index >= 15 is 4.39 Å². The molecule has 37 heavy (non-hydrogen) atoms. The first-order valence-corrected chi connectivity index (χ1v) is 14.1. The molecule has 0 bridgehead atoms. The van der Waals surface area contributed by atoms with E-state index in [4.69, 9.17) is 9.47 Å². The number of fused-ring (bicyclic) bond motifs is 2. The van der Waals surface area contributed by atoms with Crippen molar-refractivity contribution in [3.05, 3.63) is 82.7 Å². The van der Waals surface area contributed by atoms with Crippen LogP contribution in [0.3, 0.4) is 0 Å². The summed E-state index contributed by atoms with van der Waals surface area (Å²) in [6.45, 7) is 5.22. The second kappa shape index (κ2) is 9.49. The lowest BCUT2D eigenvalue weighted by atomic mass is 9.58. The molecule has 3 aromatic carbocycles. The van der Waals surface area contributed by atoms with Gasteiger partial charge < -0.3 is 9.47 Å². The van der Waals surface area contributed by atoms with Crippen LogP contribution in [0.15, 0.2) is 54.6 Å². The first-order valence-electron chi connectivity index (χ1n) is 14.1. The zero-order chi connectivity index (χ0) is 25.6. The van der Waals surface area contributed by atoms with Gasteiger partial charge in [-0.3, -0.25) is 0 Å². The first kappa shape index (κ1) is 24.5. The van der Waals surface area contributed by atoms with Crippen molar-refractivity contribution >= 4 is 0 Å². The van der Waals surface area contributed by atoms with Gasteiger partial charge in [0, 0.05) is 5.56 Å². The van der Waals surface area contributed by atoms with Crippen molar-refractivity contribution in [2.24, 2.45) is 5.41 Å². The Morgan fingerprint density at radius 1 is 0.838 bits per heavy atom. The maximum Gasteiger partial charge on any atom is 0.131 e. The fraction of sp³-hybridized carbons (Fsp3) is 0.471. The van der Waals surface area contributed by atoms with Gasteiger partial charge in [0.15, 0.2) is 0 Å². The van der Waals surface area contributed by atoms with E-state index in [1.165, 1.54) is 68.6 Å². The van der Waals surface area contributed by atoms with E-state index in [1.54, 1.807) is 18.7 Å². The minimum atomic E-state index is -0.208. The van der Waals surface area contributed by atoms with Gasteiger partial charge in [0.2, 0.25) is 0 Å². The van der Waals surface area contributed by atoms with Gasteiger partial charge in [-0.25, -0.2) is 4.39 Å². The van der Waals surface area contributed by atoms with Gasteiger partial charge in [0.1, 0.15) is 23.9 Å². The van der Waals surface area contributed by atoms with Crippen molar-refractivity contribution in [3.8, 4) is 22.6 Å². The SMILES string of the molecule is COc1ccc(F)c(-c2ccc(COc3ccc4c(c3)C3(CCC4)CCC3)cc2C2CCCC2(C)C)c1. The molecular formula is C34H39FO2. The number of hydrogen-bond donors (Lipinski definition) is 0. The van der Waals surface area contributed by atoms with Crippen LogP contribution in [0.1, 0.15) is 93.4 Å². The van der Waals surface area contributed by atoms with Gasteiger partial charge >= 0.3 is 0 Å². The van der Waals surface area contributed by atoms with E-state index in [1.807, 2.05) is 6.07 Å². The predicted octanol–water partition coefficient (Wildman–Crippen LogP) is 9.13. The highest BCUT2D eigenvalue weighted by Gasteiger charge is 2.41. The van der Waals surface area contributed by atoms with Crippen LogP contribution < -0.4 is 9.47 Å². The number of hydrogen-bond acceptors (Lipinski definition) is 2.